The van der Waals surface area contributed by atoms with Gasteiger partial charge in [0, 0.05) is 0 Å². The molecule has 0 aromatic rings. The second-order valence-corrected chi connectivity index (χ2v) is 8.13. The molecule has 0 amide bonds. The fraction of sp³-hybridized carbons (Fsp3) is 1.00. The lowest BCUT2D eigenvalue weighted by Gasteiger charge is -2.06. The maximum Gasteiger partial charge on any atom is 0.222 e. The van der Waals surface area contributed by atoms with Crippen molar-refractivity contribution >= 4 is 9.04 Å². The molecule has 2 heteroatoms. The average molecular weight is 272 g/mol. The van der Waals surface area contributed by atoms with Crippen molar-refractivity contribution in [2.75, 3.05) is 0 Å². The Morgan fingerprint density at radius 2 is 0.889 bits per heavy atom. The van der Waals surface area contributed by atoms with Crippen LogP contribution in [-0.4, -0.2) is 9.04 Å². The number of unbranched alkanes of at least 4 members (excludes halogenated alkanes) is 10. The van der Waals surface area contributed by atoms with E-state index in [-0.39, 0.29) is 0 Å². The fourth-order valence-corrected chi connectivity index (χ4v) is 4.23. The van der Waals surface area contributed by atoms with E-state index in [0.29, 0.717) is 0 Å². The van der Waals surface area contributed by atoms with Crippen molar-refractivity contribution in [1.82, 2.24) is 0 Å². The lowest BCUT2D eigenvalue weighted by Crippen LogP contribution is -2.08. The van der Waals surface area contributed by atoms with Crippen LogP contribution in [0.2, 0.25) is 12.1 Å². The largest absolute Gasteiger partial charge is 0.302 e. The van der Waals surface area contributed by atoms with Gasteiger partial charge in [0.2, 0.25) is 9.04 Å². The van der Waals surface area contributed by atoms with Gasteiger partial charge in [-0.15, -0.1) is 0 Å². The summed E-state index contributed by atoms with van der Waals surface area (Å²) in [6, 6.07) is 2.11. The van der Waals surface area contributed by atoms with E-state index in [0.717, 1.165) is 12.1 Å². The van der Waals surface area contributed by atoms with Gasteiger partial charge in [-0.3, -0.25) is 0 Å². The Labute approximate surface area is 117 Å². The maximum absolute atomic E-state index is 11.8. The summed E-state index contributed by atoms with van der Waals surface area (Å²) in [5.74, 6) is 0. The Morgan fingerprint density at radius 1 is 0.556 bits per heavy atom. The van der Waals surface area contributed by atoms with Gasteiger partial charge in [0.15, 0.2) is 0 Å². The highest BCUT2D eigenvalue weighted by molar-refractivity contribution is 6.49. The molecule has 0 aromatic heterocycles. The lowest BCUT2D eigenvalue weighted by atomic mass is 10.1. The summed E-state index contributed by atoms with van der Waals surface area (Å²) in [6.07, 6.45) is 15.9. The summed E-state index contributed by atoms with van der Waals surface area (Å²) in [5.41, 5.74) is 0. The quantitative estimate of drug-likeness (QED) is 0.278. The third-order valence-corrected chi connectivity index (χ3v) is 5.86. The van der Waals surface area contributed by atoms with Crippen LogP contribution >= 0.6 is 0 Å². The highest BCUT2D eigenvalue weighted by atomic mass is 28.3. The molecule has 0 saturated carbocycles. The van der Waals surface area contributed by atoms with Crippen molar-refractivity contribution in [2.45, 2.75) is 103 Å². The molecule has 0 spiro atoms. The second kappa shape index (κ2) is 15.2. The molecule has 0 fully saturated rings. The number of hydrogen-bond acceptors (Lipinski definition) is 0. The third-order valence-electron chi connectivity index (χ3n) is 3.76. The van der Waals surface area contributed by atoms with E-state index < -0.39 is 9.04 Å². The van der Waals surface area contributed by atoms with E-state index in [4.69, 9.17) is 0 Å². The molecule has 109 valence electrons. The molecule has 0 aliphatic rings. The highest BCUT2D eigenvalue weighted by Crippen LogP contribution is 2.13. The van der Waals surface area contributed by atoms with Gasteiger partial charge in [-0.1, -0.05) is 90.9 Å². The first kappa shape index (κ1) is 18.2. The Kier molecular flexibility index (Phi) is 15.4. The summed E-state index contributed by atoms with van der Waals surface area (Å²) in [4.78, 5) is 11.8. The van der Waals surface area contributed by atoms with Crippen molar-refractivity contribution < 1.29 is 4.80 Å². The van der Waals surface area contributed by atoms with Crippen LogP contribution in [0.15, 0.2) is 0 Å². The molecule has 0 aliphatic heterocycles. The standard InChI is InChI=1S/C16H35OSi/c1-3-5-7-9-11-13-15-18(17)16-14-12-10-8-6-4-2/h18H,3-16H2,1-2H3. The number of rotatable bonds is 14. The molecule has 1 nitrogen and oxygen atoms in total. The minimum absolute atomic E-state index is 1.06. The minimum Gasteiger partial charge on any atom is -0.302 e. The van der Waals surface area contributed by atoms with Crippen LogP contribution < -0.4 is 0 Å². The zero-order chi connectivity index (χ0) is 13.5. The zero-order valence-electron chi connectivity index (χ0n) is 12.9. The SMILES string of the molecule is CCCCCCCC[SiH]([O])CCCCCCCC. The van der Waals surface area contributed by atoms with E-state index in [1.54, 1.807) is 0 Å². The number of hydrogen-bond donors (Lipinski definition) is 0. The van der Waals surface area contributed by atoms with Gasteiger partial charge < -0.3 is 4.80 Å². The average Bonchev–Trinajstić information content (AvgIpc) is 2.38. The first-order chi connectivity index (χ1) is 8.81. The smallest absolute Gasteiger partial charge is 0.222 e. The molecule has 0 saturated heterocycles. The maximum atomic E-state index is 11.8. The third kappa shape index (κ3) is 14.2. The van der Waals surface area contributed by atoms with Gasteiger partial charge in [-0.2, -0.15) is 0 Å². The molecule has 0 heterocycles. The second-order valence-electron chi connectivity index (χ2n) is 5.73. The van der Waals surface area contributed by atoms with Crippen molar-refractivity contribution in [3.8, 4) is 0 Å². The molecule has 0 atom stereocenters. The van der Waals surface area contributed by atoms with Gasteiger partial charge in [0.25, 0.3) is 0 Å². The Morgan fingerprint density at radius 3 is 1.28 bits per heavy atom. The van der Waals surface area contributed by atoms with Crippen LogP contribution in [0.1, 0.15) is 90.9 Å². The van der Waals surface area contributed by atoms with Gasteiger partial charge in [-0.05, 0) is 12.1 Å². The Hall–Kier alpha value is 0.177. The Bertz CT molecular complexity index is 134. The summed E-state index contributed by atoms with van der Waals surface area (Å²) >= 11 is 0. The van der Waals surface area contributed by atoms with E-state index >= 15 is 0 Å². The Balaban J connectivity index is 3.10. The summed E-state index contributed by atoms with van der Waals surface area (Å²) in [5, 5.41) is 0. The van der Waals surface area contributed by atoms with E-state index in [2.05, 4.69) is 13.8 Å². The highest BCUT2D eigenvalue weighted by Gasteiger charge is 2.08. The zero-order valence-corrected chi connectivity index (χ0v) is 14.0. The summed E-state index contributed by atoms with van der Waals surface area (Å²) in [6.45, 7) is 4.50. The summed E-state index contributed by atoms with van der Waals surface area (Å²) < 4.78 is 0. The first-order valence-electron chi connectivity index (χ1n) is 8.47. The molecule has 0 N–H and O–H groups in total. The monoisotopic (exact) mass is 271 g/mol. The van der Waals surface area contributed by atoms with Crippen LogP contribution in [0.4, 0.5) is 0 Å². The predicted octanol–water partition coefficient (Wildman–Crippen LogP) is 5.86. The van der Waals surface area contributed by atoms with Crippen LogP contribution in [0, 0.1) is 0 Å². The molecule has 18 heavy (non-hydrogen) atoms. The molecule has 0 aromatic carbocycles. The van der Waals surface area contributed by atoms with Gasteiger partial charge in [-0.25, -0.2) is 0 Å². The first-order valence-corrected chi connectivity index (χ1v) is 10.6. The van der Waals surface area contributed by atoms with E-state index in [1.807, 2.05) is 0 Å². The van der Waals surface area contributed by atoms with Gasteiger partial charge in [0.05, 0.1) is 0 Å². The van der Waals surface area contributed by atoms with Gasteiger partial charge >= 0.3 is 0 Å². The fourth-order valence-electron chi connectivity index (χ4n) is 2.45. The summed E-state index contributed by atoms with van der Waals surface area (Å²) in [7, 11) is -1.57. The normalized spacial score (nSPS) is 11.3. The predicted molar refractivity (Wildman–Crippen MR) is 84.2 cm³/mol. The van der Waals surface area contributed by atoms with Crippen LogP contribution in [0.25, 0.3) is 0 Å². The van der Waals surface area contributed by atoms with Crippen LogP contribution in [0.5, 0.6) is 0 Å². The van der Waals surface area contributed by atoms with Crippen molar-refractivity contribution in [2.24, 2.45) is 0 Å². The van der Waals surface area contributed by atoms with Gasteiger partial charge in [0.1, 0.15) is 0 Å². The van der Waals surface area contributed by atoms with Crippen molar-refractivity contribution in [1.29, 1.82) is 0 Å². The minimum atomic E-state index is -1.57. The van der Waals surface area contributed by atoms with Crippen molar-refractivity contribution in [3.63, 3.8) is 0 Å². The molecular weight excluding hydrogens is 236 g/mol. The lowest BCUT2D eigenvalue weighted by molar-refractivity contribution is 0.436. The topological polar surface area (TPSA) is 19.9 Å². The van der Waals surface area contributed by atoms with Crippen LogP contribution in [0.3, 0.4) is 0 Å². The molecule has 0 bridgehead atoms. The van der Waals surface area contributed by atoms with E-state index in [9.17, 15) is 4.80 Å². The molecule has 0 aliphatic carbocycles. The molecule has 1 radical (unpaired) electrons. The van der Waals surface area contributed by atoms with E-state index in [1.165, 1.54) is 77.0 Å². The molecule has 0 unspecified atom stereocenters. The molecular formula is C16H35OSi. The molecule has 0 rings (SSSR count). The van der Waals surface area contributed by atoms with Crippen molar-refractivity contribution in [3.05, 3.63) is 0 Å². The van der Waals surface area contributed by atoms with Crippen LogP contribution in [-0.2, 0) is 4.80 Å².